The molecule has 39 heavy (non-hydrogen) atoms. The molecule has 198 valence electrons. The summed E-state index contributed by atoms with van der Waals surface area (Å²) in [7, 11) is 1.36. The van der Waals surface area contributed by atoms with Crippen molar-refractivity contribution in [1.82, 2.24) is 15.2 Å². The number of nitrogens with zero attached hydrogens (tertiary/aromatic N) is 3. The lowest BCUT2D eigenvalue weighted by Gasteiger charge is -2.36. The highest BCUT2D eigenvalue weighted by Crippen LogP contribution is 2.45. The van der Waals surface area contributed by atoms with E-state index in [2.05, 4.69) is 15.3 Å². The zero-order valence-corrected chi connectivity index (χ0v) is 22.5. The number of benzene rings is 2. The van der Waals surface area contributed by atoms with Crippen LogP contribution in [-0.2, 0) is 27.5 Å². The van der Waals surface area contributed by atoms with Crippen molar-refractivity contribution in [2.24, 2.45) is 4.99 Å². The standard InChI is InChI=1S/C30H28N4O4S/c1-20-27(29(36)37-2)28(22-11-8-13-25(15-22)38-18-21-9-4-3-5-10-21)34-24(19-39-30(34)33-20)16-26(35)32-17-23-12-6-7-14-31-23/h3-15,19,28H,16-18H2,1-2H3,(H,32,35). The molecule has 3 heterocycles. The molecule has 0 bridgehead atoms. The van der Waals surface area contributed by atoms with Crippen LogP contribution in [0.3, 0.4) is 0 Å². The first-order valence-electron chi connectivity index (χ1n) is 12.5. The summed E-state index contributed by atoms with van der Waals surface area (Å²) in [5.41, 5.74) is 4.40. The molecule has 0 fully saturated rings. The fourth-order valence-corrected chi connectivity index (χ4v) is 5.45. The van der Waals surface area contributed by atoms with Crippen molar-refractivity contribution in [3.8, 4) is 5.75 Å². The zero-order chi connectivity index (χ0) is 27.2. The van der Waals surface area contributed by atoms with E-state index in [9.17, 15) is 9.59 Å². The number of hydrogen-bond donors (Lipinski definition) is 1. The smallest absolute Gasteiger partial charge is 0.338 e. The summed E-state index contributed by atoms with van der Waals surface area (Å²) < 4.78 is 11.2. The van der Waals surface area contributed by atoms with Crippen LogP contribution in [0.2, 0.25) is 0 Å². The lowest BCUT2D eigenvalue weighted by molar-refractivity contribution is -0.136. The Kier molecular flexibility index (Phi) is 8.07. The van der Waals surface area contributed by atoms with Crippen molar-refractivity contribution in [3.63, 3.8) is 0 Å². The maximum absolute atomic E-state index is 13.0. The predicted molar refractivity (Wildman–Crippen MR) is 150 cm³/mol. The third kappa shape index (κ3) is 6.04. The van der Waals surface area contributed by atoms with Gasteiger partial charge >= 0.3 is 5.97 Å². The van der Waals surface area contributed by atoms with Gasteiger partial charge in [0.05, 0.1) is 43.1 Å². The second-order valence-electron chi connectivity index (χ2n) is 9.01. The van der Waals surface area contributed by atoms with E-state index in [1.165, 1.54) is 18.9 Å². The molecule has 8 nitrogen and oxygen atoms in total. The fraction of sp³-hybridized carbons (Fsp3) is 0.200. The van der Waals surface area contributed by atoms with E-state index in [-0.39, 0.29) is 12.3 Å². The largest absolute Gasteiger partial charge is 0.489 e. The minimum absolute atomic E-state index is 0.118. The topological polar surface area (TPSA) is 93.1 Å². The minimum atomic E-state index is -0.532. The number of allylic oxidation sites excluding steroid dienone is 1. The molecule has 0 saturated heterocycles. The summed E-state index contributed by atoms with van der Waals surface area (Å²) in [6.45, 7) is 2.55. The molecule has 2 aromatic carbocycles. The van der Waals surface area contributed by atoms with Gasteiger partial charge in [-0.15, -0.1) is 0 Å². The average Bonchev–Trinajstić information content (AvgIpc) is 3.36. The van der Waals surface area contributed by atoms with Gasteiger partial charge < -0.3 is 19.7 Å². The maximum atomic E-state index is 13.0. The number of hydrogen-bond acceptors (Lipinski definition) is 8. The second-order valence-corrected chi connectivity index (χ2v) is 9.84. The summed E-state index contributed by atoms with van der Waals surface area (Å²) in [5.74, 6) is 0.0536. The summed E-state index contributed by atoms with van der Waals surface area (Å²) >= 11 is 1.43. The second kappa shape index (κ2) is 12.0. The molecule has 2 aliphatic rings. The van der Waals surface area contributed by atoms with E-state index in [1.54, 1.807) is 13.1 Å². The molecule has 0 radical (unpaired) electrons. The number of aliphatic imine (C=N–C) groups is 1. The van der Waals surface area contributed by atoms with Crippen LogP contribution in [0.1, 0.15) is 36.2 Å². The molecule has 0 aliphatic carbocycles. The highest BCUT2D eigenvalue weighted by Gasteiger charge is 2.41. The molecule has 5 rings (SSSR count). The van der Waals surface area contributed by atoms with Gasteiger partial charge in [0.15, 0.2) is 5.17 Å². The van der Waals surface area contributed by atoms with Crippen LogP contribution in [0.5, 0.6) is 5.75 Å². The third-order valence-electron chi connectivity index (χ3n) is 6.36. The number of amidine groups is 1. The third-order valence-corrected chi connectivity index (χ3v) is 7.25. The Bertz CT molecular complexity index is 1450. The first-order chi connectivity index (χ1) is 19.0. The number of rotatable bonds is 9. The van der Waals surface area contributed by atoms with Gasteiger partial charge in [0.1, 0.15) is 12.4 Å². The Labute approximate surface area is 231 Å². The first-order valence-corrected chi connectivity index (χ1v) is 13.4. The number of thioether (sulfide) groups is 1. The highest BCUT2D eigenvalue weighted by molar-refractivity contribution is 8.16. The number of fused-ring (bicyclic) bond motifs is 1. The number of methoxy groups -OCH3 is 1. The summed E-state index contributed by atoms with van der Waals surface area (Å²) in [4.78, 5) is 36.8. The first kappa shape index (κ1) is 26.2. The molecular formula is C30H28N4O4S. The van der Waals surface area contributed by atoms with Crippen LogP contribution < -0.4 is 10.1 Å². The van der Waals surface area contributed by atoms with Crippen molar-refractivity contribution in [2.75, 3.05) is 7.11 Å². The number of aromatic nitrogens is 1. The Morgan fingerprint density at radius 1 is 1.05 bits per heavy atom. The van der Waals surface area contributed by atoms with Crippen LogP contribution in [0.4, 0.5) is 0 Å². The van der Waals surface area contributed by atoms with Gasteiger partial charge in [-0.2, -0.15) is 0 Å². The molecule has 3 aromatic rings. The van der Waals surface area contributed by atoms with Crippen molar-refractivity contribution in [3.05, 3.63) is 118 Å². The maximum Gasteiger partial charge on any atom is 0.338 e. The van der Waals surface area contributed by atoms with Gasteiger partial charge in [-0.25, -0.2) is 9.79 Å². The lowest BCUT2D eigenvalue weighted by Crippen LogP contribution is -2.37. The van der Waals surface area contributed by atoms with Crippen LogP contribution in [0, 0.1) is 0 Å². The highest BCUT2D eigenvalue weighted by atomic mass is 32.2. The van der Waals surface area contributed by atoms with E-state index in [0.29, 0.717) is 35.3 Å². The molecule has 2 aliphatic heterocycles. The van der Waals surface area contributed by atoms with E-state index < -0.39 is 12.0 Å². The lowest BCUT2D eigenvalue weighted by atomic mass is 9.93. The molecule has 1 amide bonds. The zero-order valence-electron chi connectivity index (χ0n) is 21.7. The van der Waals surface area contributed by atoms with Crippen molar-refractivity contribution >= 4 is 28.8 Å². The van der Waals surface area contributed by atoms with Crippen molar-refractivity contribution in [2.45, 2.75) is 32.5 Å². The molecule has 0 saturated carbocycles. The van der Waals surface area contributed by atoms with E-state index in [4.69, 9.17) is 9.47 Å². The van der Waals surface area contributed by atoms with Gasteiger partial charge in [0.2, 0.25) is 5.91 Å². The van der Waals surface area contributed by atoms with Crippen molar-refractivity contribution in [1.29, 1.82) is 0 Å². The molecule has 1 aromatic heterocycles. The number of carbonyl (C=O) groups is 2. The van der Waals surface area contributed by atoms with Crippen LogP contribution in [0.25, 0.3) is 0 Å². The normalized spacial score (nSPS) is 16.3. The molecule has 1 N–H and O–H groups in total. The van der Waals surface area contributed by atoms with Crippen LogP contribution in [0.15, 0.2) is 106 Å². The van der Waals surface area contributed by atoms with E-state index in [1.807, 2.05) is 83.1 Å². The molecule has 9 heteroatoms. The Morgan fingerprint density at radius 3 is 2.64 bits per heavy atom. The number of esters is 1. The number of carbonyl (C=O) groups excluding carboxylic acids is 2. The molecule has 1 atom stereocenters. The Hall–Kier alpha value is -4.37. The number of ether oxygens (including phenoxy) is 2. The van der Waals surface area contributed by atoms with Crippen LogP contribution in [-0.4, -0.2) is 34.0 Å². The Balaban J connectivity index is 1.40. The summed E-state index contributed by atoms with van der Waals surface area (Å²) in [5, 5.41) is 5.54. The SMILES string of the molecule is COC(=O)C1=C(C)N=C2SC=C(CC(=O)NCc3ccccn3)N2C1c1cccc(OCc2ccccc2)c1. The monoisotopic (exact) mass is 540 g/mol. The van der Waals surface area contributed by atoms with Gasteiger partial charge in [-0.05, 0) is 47.7 Å². The summed E-state index contributed by atoms with van der Waals surface area (Å²) in [6, 6.07) is 22.6. The van der Waals surface area contributed by atoms with E-state index >= 15 is 0 Å². The molecular weight excluding hydrogens is 512 g/mol. The number of pyridine rings is 1. The Morgan fingerprint density at radius 2 is 1.87 bits per heavy atom. The number of nitrogens with one attached hydrogen (secondary N) is 1. The molecule has 0 spiro atoms. The summed E-state index contributed by atoms with van der Waals surface area (Å²) in [6.07, 6.45) is 1.81. The average molecular weight is 541 g/mol. The van der Waals surface area contributed by atoms with Gasteiger partial charge in [0.25, 0.3) is 0 Å². The predicted octanol–water partition coefficient (Wildman–Crippen LogP) is 5.12. The minimum Gasteiger partial charge on any atom is -0.489 e. The van der Waals surface area contributed by atoms with Gasteiger partial charge in [-0.3, -0.25) is 9.78 Å². The van der Waals surface area contributed by atoms with E-state index in [0.717, 1.165) is 22.5 Å². The van der Waals surface area contributed by atoms with Gasteiger partial charge in [-0.1, -0.05) is 60.3 Å². The van der Waals surface area contributed by atoms with Crippen LogP contribution >= 0.6 is 11.8 Å². The fourth-order valence-electron chi connectivity index (χ4n) is 4.49. The quantitative estimate of drug-likeness (QED) is 0.377. The van der Waals surface area contributed by atoms with Gasteiger partial charge in [0, 0.05) is 11.9 Å². The number of amides is 1. The molecule has 1 unspecified atom stereocenters. The van der Waals surface area contributed by atoms with Crippen molar-refractivity contribution < 1.29 is 19.1 Å².